The summed E-state index contributed by atoms with van der Waals surface area (Å²) in [5.41, 5.74) is 6.49. The molecule has 0 unspecified atom stereocenters. The van der Waals surface area contributed by atoms with E-state index in [0.29, 0.717) is 34.2 Å². The van der Waals surface area contributed by atoms with Crippen LogP contribution in [-0.4, -0.2) is 29.9 Å². The minimum Gasteiger partial charge on any atom is -0.618 e. The highest BCUT2D eigenvalue weighted by Crippen LogP contribution is 2.30. The number of rotatable bonds is 6. The number of pyridine rings is 5. The number of hydrogen-bond acceptors (Lipinski definition) is 9. The van der Waals surface area contributed by atoms with Crippen LogP contribution in [0.1, 0.15) is 0 Å². The van der Waals surface area contributed by atoms with Crippen LogP contribution < -0.4 is 4.73 Å². The van der Waals surface area contributed by atoms with E-state index in [1.54, 1.807) is 24.5 Å². The summed E-state index contributed by atoms with van der Waals surface area (Å²) < 4.78 is 0.876. The second-order valence-corrected chi connectivity index (χ2v) is 10.6. The lowest BCUT2D eigenvalue weighted by Gasteiger charge is -2.09. The Bertz CT molecular complexity index is 1830. The third-order valence-corrected chi connectivity index (χ3v) is 8.00. The van der Waals surface area contributed by atoms with Crippen molar-refractivity contribution in [2.45, 2.75) is 0 Å². The molecule has 0 amide bonds. The molecule has 0 aliphatic carbocycles. The molecule has 0 N–H and O–H groups in total. The van der Waals surface area contributed by atoms with Crippen molar-refractivity contribution in [2.24, 2.45) is 0 Å². The van der Waals surface area contributed by atoms with Crippen LogP contribution in [0, 0.1) is 5.21 Å². The van der Waals surface area contributed by atoms with E-state index in [1.807, 2.05) is 89.6 Å². The normalized spacial score (nSPS) is 11.0. The van der Waals surface area contributed by atoms with Crippen LogP contribution in [0.15, 0.2) is 114 Å². The maximum atomic E-state index is 13.6. The van der Waals surface area contributed by atoms with Crippen molar-refractivity contribution >= 4 is 22.7 Å². The maximum absolute atomic E-state index is 13.6. The molecule has 7 aromatic heterocycles. The molecule has 8 nitrogen and oxygen atoms in total. The highest BCUT2D eigenvalue weighted by atomic mass is 32.1. The van der Waals surface area contributed by atoms with E-state index in [-0.39, 0.29) is 0 Å². The number of thiazole rings is 2. The Labute approximate surface area is 243 Å². The molecule has 7 heterocycles. The summed E-state index contributed by atoms with van der Waals surface area (Å²) in [7, 11) is 0. The van der Waals surface area contributed by atoms with Gasteiger partial charge >= 0.3 is 0 Å². The Hall–Kier alpha value is -5.19. The van der Waals surface area contributed by atoms with E-state index in [9.17, 15) is 5.21 Å². The third-order valence-electron chi connectivity index (χ3n) is 6.27. The van der Waals surface area contributed by atoms with E-state index < -0.39 is 0 Å². The highest BCUT2D eigenvalue weighted by Gasteiger charge is 2.19. The minimum atomic E-state index is 0.421. The van der Waals surface area contributed by atoms with Crippen LogP contribution in [0.25, 0.3) is 67.0 Å². The number of nitrogens with zero attached hydrogens (tertiary/aromatic N) is 7. The smallest absolute Gasteiger partial charge is 0.242 e. The topological polar surface area (TPSA) is 104 Å². The molecule has 41 heavy (non-hydrogen) atoms. The van der Waals surface area contributed by atoms with E-state index in [0.717, 1.165) is 37.5 Å². The zero-order valence-corrected chi connectivity index (χ0v) is 23.0. The maximum Gasteiger partial charge on any atom is 0.242 e. The van der Waals surface area contributed by atoms with Gasteiger partial charge in [0.05, 0.1) is 22.8 Å². The van der Waals surface area contributed by atoms with E-state index >= 15 is 0 Å². The molecule has 0 saturated heterocycles. The summed E-state index contributed by atoms with van der Waals surface area (Å²) in [5, 5.41) is 19.1. The zero-order valence-electron chi connectivity index (χ0n) is 21.3. The van der Waals surface area contributed by atoms with Gasteiger partial charge < -0.3 is 5.21 Å². The van der Waals surface area contributed by atoms with Crippen molar-refractivity contribution in [3.05, 3.63) is 119 Å². The minimum absolute atomic E-state index is 0.421. The summed E-state index contributed by atoms with van der Waals surface area (Å²) in [6.45, 7) is 0. The lowest BCUT2D eigenvalue weighted by Crippen LogP contribution is -2.32. The zero-order chi connectivity index (χ0) is 27.6. The first kappa shape index (κ1) is 24.8. The van der Waals surface area contributed by atoms with Crippen molar-refractivity contribution in [1.82, 2.24) is 29.9 Å². The third kappa shape index (κ3) is 4.97. The van der Waals surface area contributed by atoms with Gasteiger partial charge in [0.25, 0.3) is 0 Å². The van der Waals surface area contributed by atoms with Gasteiger partial charge in [0.2, 0.25) is 11.4 Å². The predicted octanol–water partition coefficient (Wildman–Crippen LogP) is 6.82. The van der Waals surface area contributed by atoms with Crippen LogP contribution in [0.4, 0.5) is 0 Å². The van der Waals surface area contributed by atoms with Crippen LogP contribution >= 0.6 is 22.7 Å². The van der Waals surface area contributed by atoms with Gasteiger partial charge in [0.15, 0.2) is 0 Å². The van der Waals surface area contributed by atoms with Crippen molar-refractivity contribution in [3.63, 3.8) is 0 Å². The quantitative estimate of drug-likeness (QED) is 0.160. The second-order valence-electron chi connectivity index (χ2n) is 8.91. The Balaban J connectivity index is 1.20. The lowest BCUT2D eigenvalue weighted by molar-refractivity contribution is -0.582. The van der Waals surface area contributed by atoms with Crippen molar-refractivity contribution in [1.29, 1.82) is 0 Å². The molecule has 0 saturated carbocycles. The molecule has 196 valence electrons. The molecule has 0 atom stereocenters. The molecule has 0 aliphatic heterocycles. The summed E-state index contributed by atoms with van der Waals surface area (Å²) in [5.74, 6) is 0. The Kier molecular flexibility index (Phi) is 6.51. The molecule has 0 spiro atoms. The number of hydrogen-bond donors (Lipinski definition) is 0. The van der Waals surface area contributed by atoms with Gasteiger partial charge in [-0.1, -0.05) is 24.3 Å². The molecule has 0 aliphatic rings. The van der Waals surface area contributed by atoms with Gasteiger partial charge in [0, 0.05) is 35.3 Å². The molecular formula is C31H19N7OS2. The van der Waals surface area contributed by atoms with Crippen LogP contribution in [0.3, 0.4) is 0 Å². The Morgan fingerprint density at radius 3 is 1.34 bits per heavy atom. The molecule has 0 aromatic carbocycles. The average molecular weight is 570 g/mol. The summed E-state index contributed by atoms with van der Waals surface area (Å²) in [4.78, 5) is 27.8. The largest absolute Gasteiger partial charge is 0.618 e. The monoisotopic (exact) mass is 569 g/mol. The van der Waals surface area contributed by atoms with Gasteiger partial charge in [-0.3, -0.25) is 9.97 Å². The fourth-order valence-corrected chi connectivity index (χ4v) is 5.88. The first-order valence-corrected chi connectivity index (χ1v) is 14.4. The first-order chi connectivity index (χ1) is 20.2. The molecule has 0 bridgehead atoms. The highest BCUT2D eigenvalue weighted by molar-refractivity contribution is 7.13. The van der Waals surface area contributed by atoms with Crippen molar-refractivity contribution in [2.75, 3.05) is 0 Å². The fourth-order valence-electron chi connectivity index (χ4n) is 4.31. The average Bonchev–Trinajstić information content (AvgIpc) is 3.74. The fraction of sp³-hybridized carbons (Fsp3) is 0. The van der Waals surface area contributed by atoms with Gasteiger partial charge in [0.1, 0.15) is 32.8 Å². The Morgan fingerprint density at radius 1 is 0.439 bits per heavy atom. The van der Waals surface area contributed by atoms with E-state index in [2.05, 4.69) is 9.97 Å². The molecule has 7 rings (SSSR count). The molecular weight excluding hydrogens is 551 g/mol. The van der Waals surface area contributed by atoms with E-state index in [1.165, 1.54) is 22.7 Å². The SMILES string of the molecule is [O-][n+]1c(-c2cccc(-c3nc(-c4ccccn4)cs3)n2)cccc1-c1cccc(-c2nc(-c3ccccn3)cs2)n1. The van der Waals surface area contributed by atoms with Gasteiger partial charge in [-0.25, -0.2) is 19.9 Å². The van der Waals surface area contributed by atoms with Crippen LogP contribution in [0.2, 0.25) is 0 Å². The van der Waals surface area contributed by atoms with Crippen LogP contribution in [-0.2, 0) is 0 Å². The summed E-state index contributed by atoms with van der Waals surface area (Å²) >= 11 is 2.98. The standard InChI is InChI=1S/C31H19N7OS2/c39-38-28(22-10-5-12-24(34-22)30-36-26(18-40-30)20-8-1-3-16-32-20)14-7-15-29(38)23-11-6-13-25(35-23)31-37-27(19-41-31)21-9-2-4-17-33-21/h1-19H. The molecule has 0 radical (unpaired) electrons. The number of aromatic nitrogens is 7. The molecule has 7 aromatic rings. The van der Waals surface area contributed by atoms with Crippen LogP contribution in [0.5, 0.6) is 0 Å². The molecule has 10 heteroatoms. The van der Waals surface area contributed by atoms with Crippen molar-refractivity contribution in [3.8, 4) is 67.0 Å². The Morgan fingerprint density at radius 2 is 0.878 bits per heavy atom. The van der Waals surface area contributed by atoms with Crippen molar-refractivity contribution < 1.29 is 4.73 Å². The van der Waals surface area contributed by atoms with Gasteiger partial charge in [-0.15, -0.1) is 22.7 Å². The lowest BCUT2D eigenvalue weighted by atomic mass is 10.1. The molecule has 0 fully saturated rings. The first-order valence-electron chi connectivity index (χ1n) is 12.6. The van der Waals surface area contributed by atoms with Gasteiger partial charge in [-0.2, -0.15) is 4.73 Å². The summed E-state index contributed by atoms with van der Waals surface area (Å²) in [6, 6.07) is 28.0. The predicted molar refractivity (Wildman–Crippen MR) is 161 cm³/mol. The summed E-state index contributed by atoms with van der Waals surface area (Å²) in [6.07, 6.45) is 3.49. The second kappa shape index (κ2) is 10.8. The van der Waals surface area contributed by atoms with E-state index in [4.69, 9.17) is 19.9 Å². The van der Waals surface area contributed by atoms with Gasteiger partial charge in [-0.05, 0) is 54.6 Å².